The SMILES string of the molecule is O=C(NCCN1C(=O)[C@@H]2[C@H](C1=O)[C@H]1C=C[C@H]2CC1)Nc1cccc([N+](=O)[O-])c1. The van der Waals surface area contributed by atoms with Crippen LogP contribution in [-0.4, -0.2) is 40.8 Å². The standard InChI is InChI=1S/C19H20N4O5/c24-17-15-11-4-5-12(7-6-11)16(15)18(25)22(17)9-8-20-19(26)21-13-2-1-3-14(10-13)23(27)28/h1-5,10-12,15-16H,6-9H2,(H2,20,21,26)/t11-,12-,15-,16+/m0/s1. The van der Waals surface area contributed by atoms with E-state index in [9.17, 15) is 24.5 Å². The molecule has 2 N–H and O–H groups in total. The van der Waals surface area contributed by atoms with E-state index in [1.165, 1.54) is 29.2 Å². The molecule has 146 valence electrons. The summed E-state index contributed by atoms with van der Waals surface area (Å²) in [6.45, 7) is 0.229. The van der Waals surface area contributed by atoms with E-state index in [4.69, 9.17) is 0 Å². The van der Waals surface area contributed by atoms with E-state index in [2.05, 4.69) is 22.8 Å². The third kappa shape index (κ3) is 3.12. The van der Waals surface area contributed by atoms with Crippen molar-refractivity contribution in [3.05, 3.63) is 46.5 Å². The Morgan fingerprint density at radius 3 is 2.36 bits per heavy atom. The summed E-state index contributed by atoms with van der Waals surface area (Å²) in [6.07, 6.45) is 6.02. The lowest BCUT2D eigenvalue weighted by molar-refractivity contribution is -0.384. The molecule has 1 heterocycles. The summed E-state index contributed by atoms with van der Waals surface area (Å²) in [6, 6.07) is 5.03. The number of nitrogens with zero attached hydrogens (tertiary/aromatic N) is 2. The van der Waals surface area contributed by atoms with Gasteiger partial charge in [-0.1, -0.05) is 18.2 Å². The second-order valence-electron chi connectivity index (χ2n) is 7.36. The molecule has 0 radical (unpaired) electrons. The van der Waals surface area contributed by atoms with E-state index >= 15 is 0 Å². The highest BCUT2D eigenvalue weighted by molar-refractivity contribution is 6.06. The molecule has 3 aliphatic carbocycles. The molecule has 28 heavy (non-hydrogen) atoms. The number of likely N-dealkylation sites (tertiary alicyclic amines) is 1. The molecular weight excluding hydrogens is 364 g/mol. The van der Waals surface area contributed by atoms with E-state index in [1.54, 1.807) is 0 Å². The Morgan fingerprint density at radius 2 is 1.79 bits per heavy atom. The van der Waals surface area contributed by atoms with Gasteiger partial charge in [0.25, 0.3) is 5.69 Å². The number of non-ortho nitro benzene ring substituents is 1. The molecule has 2 fully saturated rings. The number of nitrogens with one attached hydrogen (secondary N) is 2. The van der Waals surface area contributed by atoms with E-state index in [0.29, 0.717) is 0 Å². The fraction of sp³-hybridized carbons (Fsp3) is 0.421. The molecule has 0 aromatic heterocycles. The normalized spacial score (nSPS) is 27.6. The molecule has 4 amide bonds. The minimum absolute atomic E-state index is 0.112. The fourth-order valence-electron chi connectivity index (χ4n) is 4.51. The van der Waals surface area contributed by atoms with Crippen molar-refractivity contribution in [1.82, 2.24) is 10.2 Å². The van der Waals surface area contributed by atoms with Gasteiger partial charge in [0.2, 0.25) is 11.8 Å². The van der Waals surface area contributed by atoms with E-state index in [-0.39, 0.29) is 60.0 Å². The van der Waals surface area contributed by atoms with Crippen molar-refractivity contribution in [2.24, 2.45) is 23.7 Å². The minimum Gasteiger partial charge on any atom is -0.336 e. The van der Waals surface area contributed by atoms with Gasteiger partial charge >= 0.3 is 6.03 Å². The molecule has 4 aliphatic rings. The van der Waals surface area contributed by atoms with Crippen LogP contribution in [0.15, 0.2) is 36.4 Å². The summed E-state index contributed by atoms with van der Waals surface area (Å²) in [5.41, 5.74) is 0.158. The molecule has 2 bridgehead atoms. The topological polar surface area (TPSA) is 122 Å². The lowest BCUT2D eigenvalue weighted by atomic mass is 9.63. The Morgan fingerprint density at radius 1 is 1.14 bits per heavy atom. The molecule has 1 aromatic carbocycles. The number of hydrogen-bond acceptors (Lipinski definition) is 5. The second-order valence-corrected chi connectivity index (χ2v) is 7.36. The number of imide groups is 1. The van der Waals surface area contributed by atoms with Crippen molar-refractivity contribution in [3.8, 4) is 0 Å². The van der Waals surface area contributed by atoms with Gasteiger partial charge in [-0.3, -0.25) is 24.6 Å². The van der Waals surface area contributed by atoms with Crippen molar-refractivity contribution < 1.29 is 19.3 Å². The number of nitro groups is 1. The first-order valence-electron chi connectivity index (χ1n) is 9.28. The quantitative estimate of drug-likeness (QED) is 0.348. The van der Waals surface area contributed by atoms with Crippen molar-refractivity contribution >= 4 is 29.2 Å². The van der Waals surface area contributed by atoms with Gasteiger partial charge in [0.15, 0.2) is 0 Å². The van der Waals surface area contributed by atoms with Crippen LogP contribution in [0.25, 0.3) is 0 Å². The Hall–Kier alpha value is -3.23. The average molecular weight is 384 g/mol. The van der Waals surface area contributed by atoms with Crippen molar-refractivity contribution in [2.45, 2.75) is 12.8 Å². The zero-order valence-corrected chi connectivity index (χ0v) is 15.0. The largest absolute Gasteiger partial charge is 0.336 e. The predicted octanol–water partition coefficient (Wildman–Crippen LogP) is 1.91. The van der Waals surface area contributed by atoms with Crippen molar-refractivity contribution in [2.75, 3.05) is 18.4 Å². The molecule has 1 saturated carbocycles. The fourth-order valence-corrected chi connectivity index (χ4v) is 4.51. The number of benzene rings is 1. The van der Waals surface area contributed by atoms with Gasteiger partial charge in [-0.05, 0) is 30.7 Å². The van der Waals surface area contributed by atoms with E-state index in [0.717, 1.165) is 12.8 Å². The Labute approximate surface area is 160 Å². The Kier molecular flexibility index (Phi) is 4.58. The summed E-state index contributed by atoms with van der Waals surface area (Å²) < 4.78 is 0. The zero-order chi connectivity index (χ0) is 19.8. The number of allylic oxidation sites excluding steroid dienone is 2. The van der Waals surface area contributed by atoms with Crippen LogP contribution in [0.3, 0.4) is 0 Å². The molecule has 1 aliphatic heterocycles. The zero-order valence-electron chi connectivity index (χ0n) is 15.0. The molecule has 9 nitrogen and oxygen atoms in total. The number of fused-ring (bicyclic) bond motifs is 1. The third-order valence-electron chi connectivity index (χ3n) is 5.79. The lowest BCUT2D eigenvalue weighted by Crippen LogP contribution is -2.40. The van der Waals surface area contributed by atoms with Crippen LogP contribution in [0.5, 0.6) is 0 Å². The van der Waals surface area contributed by atoms with Crippen molar-refractivity contribution in [3.63, 3.8) is 0 Å². The maximum Gasteiger partial charge on any atom is 0.319 e. The van der Waals surface area contributed by atoms with Crippen LogP contribution in [0.4, 0.5) is 16.2 Å². The first-order chi connectivity index (χ1) is 13.5. The van der Waals surface area contributed by atoms with Gasteiger partial charge in [-0.2, -0.15) is 0 Å². The first-order valence-corrected chi connectivity index (χ1v) is 9.28. The molecular formula is C19H20N4O5. The highest BCUT2D eigenvalue weighted by Gasteiger charge is 2.56. The molecule has 0 spiro atoms. The highest BCUT2D eigenvalue weighted by Crippen LogP contribution is 2.49. The van der Waals surface area contributed by atoms with Crippen LogP contribution in [0, 0.1) is 33.8 Å². The molecule has 5 rings (SSSR count). The van der Waals surface area contributed by atoms with Crippen LogP contribution < -0.4 is 10.6 Å². The molecule has 0 unspecified atom stereocenters. The maximum absolute atomic E-state index is 12.7. The number of carbonyl (C=O) groups excluding carboxylic acids is 3. The summed E-state index contributed by atoms with van der Waals surface area (Å²) in [5, 5.41) is 15.9. The number of carbonyl (C=O) groups is 3. The average Bonchev–Trinajstić information content (AvgIpc) is 2.96. The lowest BCUT2D eigenvalue weighted by Gasteiger charge is -2.38. The highest BCUT2D eigenvalue weighted by atomic mass is 16.6. The maximum atomic E-state index is 12.7. The first kappa shape index (κ1) is 18.1. The van der Waals surface area contributed by atoms with Gasteiger partial charge in [0, 0.05) is 30.9 Å². The number of anilines is 1. The monoisotopic (exact) mass is 384 g/mol. The second kappa shape index (κ2) is 7.06. The number of urea groups is 1. The van der Waals surface area contributed by atoms with Crippen LogP contribution in [-0.2, 0) is 9.59 Å². The predicted molar refractivity (Wildman–Crippen MR) is 99.2 cm³/mol. The van der Waals surface area contributed by atoms with Gasteiger partial charge in [0.05, 0.1) is 16.8 Å². The van der Waals surface area contributed by atoms with Gasteiger partial charge in [-0.15, -0.1) is 0 Å². The summed E-state index contributed by atoms with van der Waals surface area (Å²) in [5.74, 6) is -0.516. The molecule has 1 saturated heterocycles. The number of hydrogen-bond donors (Lipinski definition) is 2. The number of rotatable bonds is 5. The summed E-state index contributed by atoms with van der Waals surface area (Å²) in [7, 11) is 0. The van der Waals surface area contributed by atoms with Crippen LogP contribution in [0.1, 0.15) is 12.8 Å². The van der Waals surface area contributed by atoms with Gasteiger partial charge < -0.3 is 10.6 Å². The number of nitro benzene ring substituents is 1. The van der Waals surface area contributed by atoms with Crippen LogP contribution >= 0.6 is 0 Å². The van der Waals surface area contributed by atoms with Gasteiger partial charge in [-0.25, -0.2) is 4.79 Å². The van der Waals surface area contributed by atoms with Gasteiger partial charge in [0.1, 0.15) is 0 Å². The van der Waals surface area contributed by atoms with E-state index in [1.807, 2.05) is 0 Å². The Balaban J connectivity index is 1.31. The summed E-state index contributed by atoms with van der Waals surface area (Å²) >= 11 is 0. The smallest absolute Gasteiger partial charge is 0.319 e. The molecule has 9 heteroatoms. The number of amides is 4. The summed E-state index contributed by atoms with van der Waals surface area (Å²) in [4.78, 5) is 48.9. The van der Waals surface area contributed by atoms with Crippen molar-refractivity contribution in [1.29, 1.82) is 0 Å². The molecule has 4 atom stereocenters. The molecule has 1 aromatic rings. The van der Waals surface area contributed by atoms with E-state index < -0.39 is 11.0 Å². The Bertz CT molecular complexity index is 851. The van der Waals surface area contributed by atoms with Crippen LogP contribution in [0.2, 0.25) is 0 Å². The third-order valence-corrected chi connectivity index (χ3v) is 5.79. The minimum atomic E-state index is -0.557.